The van der Waals surface area contributed by atoms with Crippen LogP contribution >= 0.6 is 0 Å². The Morgan fingerprint density at radius 1 is 0.800 bits per heavy atom. The van der Waals surface area contributed by atoms with Crippen LogP contribution in [0, 0.1) is 0 Å². The topological polar surface area (TPSA) is 143 Å². The van der Waals surface area contributed by atoms with E-state index in [0.717, 1.165) is 12.8 Å². The van der Waals surface area contributed by atoms with Crippen LogP contribution in [0.15, 0.2) is 48.5 Å². The first kappa shape index (κ1) is 30.4. The Labute approximate surface area is 233 Å². The van der Waals surface area contributed by atoms with Crippen molar-refractivity contribution in [2.75, 3.05) is 6.61 Å². The molecule has 0 fully saturated rings. The fourth-order valence-corrected chi connectivity index (χ4v) is 4.64. The molecular formula is C31H37NO8. The summed E-state index contributed by atoms with van der Waals surface area (Å²) >= 11 is 0. The van der Waals surface area contributed by atoms with Gasteiger partial charge in [0, 0.05) is 29.4 Å². The number of benzene rings is 2. The molecule has 9 heteroatoms. The Morgan fingerprint density at radius 2 is 1.50 bits per heavy atom. The molecule has 2 aromatic carbocycles. The van der Waals surface area contributed by atoms with Gasteiger partial charge in [-0.2, -0.15) is 0 Å². The molecule has 1 unspecified atom stereocenters. The van der Waals surface area contributed by atoms with E-state index in [-0.39, 0.29) is 31.6 Å². The number of carbonyl (C=O) groups excluding carboxylic acids is 2. The number of aryl methyl sites for hydroxylation is 1. The fourth-order valence-electron chi connectivity index (χ4n) is 4.64. The predicted molar refractivity (Wildman–Crippen MR) is 150 cm³/mol. The Balaban J connectivity index is 1.67. The van der Waals surface area contributed by atoms with Gasteiger partial charge in [-0.1, -0.05) is 51.2 Å². The number of rotatable bonds is 18. The molecule has 1 atom stereocenters. The number of carboxylic acid groups (broad SMARTS) is 2. The van der Waals surface area contributed by atoms with E-state index in [9.17, 15) is 19.2 Å². The number of aromatic nitrogens is 1. The number of Topliss-reactive ketones (excluding diaryl/α,β-unsaturated/α-hetero) is 2. The molecule has 0 spiro atoms. The second-order valence-corrected chi connectivity index (χ2v) is 9.91. The lowest BCUT2D eigenvalue weighted by atomic mass is 9.92. The first-order valence-electron chi connectivity index (χ1n) is 13.8. The third kappa shape index (κ3) is 9.55. The Hall–Kier alpha value is -4.14. The summed E-state index contributed by atoms with van der Waals surface area (Å²) in [4.78, 5) is 51.2. The minimum atomic E-state index is -1.45. The minimum absolute atomic E-state index is 0.0847. The third-order valence-electron chi connectivity index (χ3n) is 6.71. The average molecular weight is 552 g/mol. The summed E-state index contributed by atoms with van der Waals surface area (Å²) in [5.74, 6) is -2.47. The van der Waals surface area contributed by atoms with Gasteiger partial charge < -0.3 is 24.7 Å². The zero-order valence-electron chi connectivity index (χ0n) is 22.8. The highest BCUT2D eigenvalue weighted by Gasteiger charge is 2.30. The van der Waals surface area contributed by atoms with Crippen molar-refractivity contribution in [3.05, 3.63) is 59.8 Å². The smallest absolute Gasteiger partial charge is 0.486 e. The van der Waals surface area contributed by atoms with Crippen LogP contribution in [0.2, 0.25) is 0 Å². The quantitative estimate of drug-likeness (QED) is 0.0687. The number of carboxylic acids is 1. The SMILES string of the molecule is CCCCCCCCc1ccc(OCC(=O)C(C(=O)CCCC(=O)O)c2cc3cc(OC(=O)O)ccc3[nH]2)cc1. The number of aliphatic carboxylic acids is 1. The van der Waals surface area contributed by atoms with Crippen LogP contribution in [-0.4, -0.2) is 45.5 Å². The first-order valence-corrected chi connectivity index (χ1v) is 13.8. The van der Waals surface area contributed by atoms with E-state index in [1.54, 1.807) is 12.1 Å². The van der Waals surface area contributed by atoms with Crippen LogP contribution in [0.1, 0.15) is 81.9 Å². The molecule has 1 heterocycles. The summed E-state index contributed by atoms with van der Waals surface area (Å²) in [5, 5.41) is 18.4. The molecule has 0 aliphatic rings. The van der Waals surface area contributed by atoms with Crippen molar-refractivity contribution in [1.82, 2.24) is 4.98 Å². The van der Waals surface area contributed by atoms with E-state index in [2.05, 4.69) is 11.9 Å². The fraction of sp³-hybridized carbons (Fsp3) is 0.419. The van der Waals surface area contributed by atoms with Gasteiger partial charge in [-0.25, -0.2) is 4.79 Å². The number of fused-ring (bicyclic) bond motifs is 1. The molecule has 1 aromatic heterocycles. The van der Waals surface area contributed by atoms with E-state index in [0.29, 0.717) is 22.3 Å². The standard InChI is InChI=1S/C31H37NO8/c1-2-3-4-5-6-7-9-21-12-14-23(15-13-21)39-20-28(34)30(27(33)10-8-11-29(35)36)26-19-22-18-24(40-31(37)38)16-17-25(22)32-26/h12-19,30,32H,2-11,20H2,1H3,(H,35,36)(H,37,38). The number of aromatic amines is 1. The van der Waals surface area contributed by atoms with E-state index in [1.165, 1.54) is 49.8 Å². The molecule has 3 aromatic rings. The summed E-state index contributed by atoms with van der Waals surface area (Å²) in [7, 11) is 0. The molecule has 0 aliphatic carbocycles. The van der Waals surface area contributed by atoms with Gasteiger partial charge in [0.05, 0.1) is 0 Å². The molecule has 0 bridgehead atoms. The van der Waals surface area contributed by atoms with Crippen molar-refractivity contribution in [2.45, 2.75) is 77.0 Å². The molecular weight excluding hydrogens is 514 g/mol. The second-order valence-electron chi connectivity index (χ2n) is 9.91. The second kappa shape index (κ2) is 15.5. The largest absolute Gasteiger partial charge is 0.511 e. The highest BCUT2D eigenvalue weighted by atomic mass is 16.7. The summed E-state index contributed by atoms with van der Waals surface area (Å²) in [5.41, 5.74) is 2.11. The molecule has 0 saturated heterocycles. The number of hydrogen-bond acceptors (Lipinski definition) is 6. The van der Waals surface area contributed by atoms with Gasteiger partial charge in [0.25, 0.3) is 0 Å². The van der Waals surface area contributed by atoms with E-state index in [1.807, 2.05) is 24.3 Å². The zero-order valence-corrected chi connectivity index (χ0v) is 22.8. The Kier molecular flexibility index (Phi) is 11.7. The van der Waals surface area contributed by atoms with Gasteiger partial charge in [-0.3, -0.25) is 14.4 Å². The molecule has 0 aliphatic heterocycles. The van der Waals surface area contributed by atoms with Gasteiger partial charge in [0.15, 0.2) is 5.78 Å². The van der Waals surface area contributed by atoms with Gasteiger partial charge in [0.1, 0.15) is 29.8 Å². The van der Waals surface area contributed by atoms with Crippen LogP contribution < -0.4 is 9.47 Å². The number of unbranched alkanes of at least 4 members (excludes halogenated alkanes) is 5. The number of carbonyl (C=O) groups is 4. The lowest BCUT2D eigenvalue weighted by Gasteiger charge is -2.14. The van der Waals surface area contributed by atoms with Crippen LogP contribution in [0.4, 0.5) is 4.79 Å². The molecule has 9 nitrogen and oxygen atoms in total. The summed E-state index contributed by atoms with van der Waals surface area (Å²) in [6.07, 6.45) is 6.74. The average Bonchev–Trinajstić information content (AvgIpc) is 3.32. The molecule has 40 heavy (non-hydrogen) atoms. The molecule has 0 saturated carbocycles. The van der Waals surface area contributed by atoms with Gasteiger partial charge in [-0.15, -0.1) is 0 Å². The number of nitrogens with one attached hydrogen (secondary N) is 1. The normalized spacial score (nSPS) is 11.7. The van der Waals surface area contributed by atoms with Crippen molar-refractivity contribution in [3.8, 4) is 11.5 Å². The number of ketones is 2. The van der Waals surface area contributed by atoms with Gasteiger partial charge in [0.2, 0.25) is 0 Å². The van der Waals surface area contributed by atoms with E-state index < -0.39 is 29.6 Å². The maximum atomic E-state index is 13.3. The number of H-pyrrole nitrogens is 1. The Bertz CT molecular complexity index is 1290. The van der Waals surface area contributed by atoms with Crippen LogP contribution in [0.3, 0.4) is 0 Å². The predicted octanol–water partition coefficient (Wildman–Crippen LogP) is 6.68. The zero-order chi connectivity index (χ0) is 28.9. The van der Waals surface area contributed by atoms with E-state index >= 15 is 0 Å². The summed E-state index contributed by atoms with van der Waals surface area (Å²) < 4.78 is 10.4. The summed E-state index contributed by atoms with van der Waals surface area (Å²) in [6.45, 7) is 1.87. The maximum absolute atomic E-state index is 13.3. The van der Waals surface area contributed by atoms with Crippen molar-refractivity contribution in [2.24, 2.45) is 0 Å². The lowest BCUT2D eigenvalue weighted by molar-refractivity contribution is -0.137. The number of hydrogen-bond donors (Lipinski definition) is 3. The monoisotopic (exact) mass is 551 g/mol. The van der Waals surface area contributed by atoms with E-state index in [4.69, 9.17) is 19.7 Å². The molecule has 214 valence electrons. The van der Waals surface area contributed by atoms with Crippen molar-refractivity contribution < 1.29 is 38.9 Å². The van der Waals surface area contributed by atoms with Crippen molar-refractivity contribution >= 4 is 34.6 Å². The molecule has 0 amide bonds. The van der Waals surface area contributed by atoms with Crippen molar-refractivity contribution in [1.29, 1.82) is 0 Å². The van der Waals surface area contributed by atoms with Gasteiger partial charge >= 0.3 is 12.1 Å². The maximum Gasteiger partial charge on any atom is 0.511 e. The summed E-state index contributed by atoms with van der Waals surface area (Å²) in [6, 6.07) is 13.7. The van der Waals surface area contributed by atoms with Crippen LogP contribution in [-0.2, 0) is 20.8 Å². The highest BCUT2D eigenvalue weighted by molar-refractivity contribution is 6.08. The minimum Gasteiger partial charge on any atom is -0.486 e. The molecule has 3 N–H and O–H groups in total. The lowest BCUT2D eigenvalue weighted by Crippen LogP contribution is -2.27. The van der Waals surface area contributed by atoms with Crippen LogP contribution in [0.25, 0.3) is 10.9 Å². The highest BCUT2D eigenvalue weighted by Crippen LogP contribution is 2.28. The number of ether oxygens (including phenoxy) is 2. The third-order valence-corrected chi connectivity index (χ3v) is 6.71. The van der Waals surface area contributed by atoms with Gasteiger partial charge in [-0.05, 0) is 61.2 Å². The van der Waals surface area contributed by atoms with Crippen LogP contribution in [0.5, 0.6) is 11.5 Å². The Morgan fingerprint density at radius 3 is 2.20 bits per heavy atom. The molecule has 0 radical (unpaired) electrons. The van der Waals surface area contributed by atoms with Crippen molar-refractivity contribution in [3.63, 3.8) is 0 Å². The first-order chi connectivity index (χ1) is 19.3. The molecule has 3 rings (SSSR count).